The Labute approximate surface area is 252 Å². The van der Waals surface area contributed by atoms with Gasteiger partial charge in [0, 0.05) is 38.7 Å². The van der Waals surface area contributed by atoms with E-state index in [1.54, 1.807) is 0 Å². The summed E-state index contributed by atoms with van der Waals surface area (Å²) in [5.41, 5.74) is 13.7. The molecule has 0 radical (unpaired) electrons. The monoisotopic (exact) mass is 568 g/mol. The van der Waals surface area contributed by atoms with Crippen LogP contribution in [0.3, 0.4) is 0 Å². The lowest BCUT2D eigenvalue weighted by Gasteiger charge is -2.15. The van der Waals surface area contributed by atoms with Crippen LogP contribution in [0.15, 0.2) is 126 Å². The molecule has 2 aromatic heterocycles. The van der Waals surface area contributed by atoms with Gasteiger partial charge in [0.1, 0.15) is 11.2 Å². The second kappa shape index (κ2) is 9.39. The van der Waals surface area contributed by atoms with Crippen LogP contribution in [0, 0.1) is 11.3 Å². The number of rotatable bonds is 2. The van der Waals surface area contributed by atoms with Gasteiger partial charge in [0.25, 0.3) is 0 Å². The van der Waals surface area contributed by atoms with Crippen molar-refractivity contribution in [2.24, 2.45) is 0 Å². The molecule has 4 heteroatoms. The van der Waals surface area contributed by atoms with E-state index in [0.717, 1.165) is 60.9 Å². The van der Waals surface area contributed by atoms with E-state index in [0.29, 0.717) is 5.56 Å². The number of hydrogen-bond donors (Lipinski definition) is 0. The standard InChI is InChI=1S/C39H24N2OS/c40-21-24-9-15-37-34(17-24)31-5-1-3-7-36(31)41(37)29-13-14-30-28(18-29)23-43-22-27-11-10-25(19-33(27)30)26-12-16-39-35(20-26)32-6-2-4-8-38(32)42-39/h1-20H,22-23H2. The normalized spacial score (nSPS) is 12.8. The third-order valence-electron chi connectivity index (χ3n) is 8.77. The van der Waals surface area contributed by atoms with Crippen LogP contribution in [0.5, 0.6) is 0 Å². The van der Waals surface area contributed by atoms with E-state index < -0.39 is 0 Å². The number of para-hydroxylation sites is 2. The fraction of sp³-hybridized carbons (Fsp3) is 0.0513. The minimum absolute atomic E-state index is 0.682. The maximum Gasteiger partial charge on any atom is 0.135 e. The molecule has 0 aliphatic carbocycles. The maximum atomic E-state index is 9.54. The molecular weight excluding hydrogens is 545 g/mol. The number of nitrogens with zero attached hydrogens (tertiary/aromatic N) is 2. The summed E-state index contributed by atoms with van der Waals surface area (Å²) < 4.78 is 8.42. The zero-order valence-electron chi connectivity index (χ0n) is 23.2. The Morgan fingerprint density at radius 3 is 2.28 bits per heavy atom. The quantitative estimate of drug-likeness (QED) is 0.208. The summed E-state index contributed by atoms with van der Waals surface area (Å²) in [6.07, 6.45) is 0. The van der Waals surface area contributed by atoms with Gasteiger partial charge in [0.2, 0.25) is 0 Å². The smallest absolute Gasteiger partial charge is 0.135 e. The van der Waals surface area contributed by atoms with Crippen LogP contribution in [0.1, 0.15) is 16.7 Å². The van der Waals surface area contributed by atoms with Gasteiger partial charge in [-0.25, -0.2) is 0 Å². The molecule has 1 aliphatic heterocycles. The van der Waals surface area contributed by atoms with E-state index in [1.165, 1.54) is 33.4 Å². The first-order valence-electron chi connectivity index (χ1n) is 14.4. The predicted molar refractivity (Wildman–Crippen MR) is 179 cm³/mol. The van der Waals surface area contributed by atoms with E-state index in [4.69, 9.17) is 4.42 Å². The van der Waals surface area contributed by atoms with Crippen molar-refractivity contribution in [2.45, 2.75) is 11.5 Å². The first-order chi connectivity index (χ1) is 21.2. The zero-order chi connectivity index (χ0) is 28.5. The number of aromatic nitrogens is 1. The second-order valence-electron chi connectivity index (χ2n) is 11.2. The highest BCUT2D eigenvalue weighted by Crippen LogP contribution is 2.41. The molecule has 0 saturated heterocycles. The highest BCUT2D eigenvalue weighted by atomic mass is 32.2. The number of nitriles is 1. The average Bonchev–Trinajstić information content (AvgIpc) is 3.53. The molecule has 1 aliphatic rings. The van der Waals surface area contributed by atoms with Crippen molar-refractivity contribution in [1.82, 2.24) is 4.57 Å². The molecule has 0 atom stereocenters. The summed E-state index contributed by atoms with van der Waals surface area (Å²) in [4.78, 5) is 0. The maximum absolute atomic E-state index is 9.54. The van der Waals surface area contributed by atoms with Crippen molar-refractivity contribution in [3.05, 3.63) is 138 Å². The molecule has 0 unspecified atom stereocenters. The van der Waals surface area contributed by atoms with Gasteiger partial charge in [0.05, 0.1) is 22.7 Å². The van der Waals surface area contributed by atoms with Crippen molar-refractivity contribution in [3.8, 4) is 34.0 Å². The Kier molecular flexibility index (Phi) is 5.32. The lowest BCUT2D eigenvalue weighted by Crippen LogP contribution is -1.97. The van der Waals surface area contributed by atoms with Crippen LogP contribution in [0.25, 0.3) is 71.7 Å². The summed E-state index contributed by atoms with van der Waals surface area (Å²) in [6, 6.07) is 45.4. The molecule has 43 heavy (non-hydrogen) atoms. The Morgan fingerprint density at radius 1 is 0.581 bits per heavy atom. The summed E-state index contributed by atoms with van der Waals surface area (Å²) in [6.45, 7) is 0. The first-order valence-corrected chi connectivity index (χ1v) is 15.6. The first kappa shape index (κ1) is 24.4. The molecule has 8 aromatic rings. The van der Waals surface area contributed by atoms with Gasteiger partial charge in [-0.15, -0.1) is 0 Å². The topological polar surface area (TPSA) is 41.9 Å². The predicted octanol–water partition coefficient (Wildman–Crippen LogP) is 10.6. The molecule has 0 N–H and O–H groups in total. The molecule has 3 nitrogen and oxygen atoms in total. The third-order valence-corrected chi connectivity index (χ3v) is 9.80. The van der Waals surface area contributed by atoms with Crippen molar-refractivity contribution in [2.75, 3.05) is 0 Å². The lowest BCUT2D eigenvalue weighted by molar-refractivity contribution is 0.669. The van der Waals surface area contributed by atoms with Crippen molar-refractivity contribution in [3.63, 3.8) is 0 Å². The third kappa shape index (κ3) is 3.75. The van der Waals surface area contributed by atoms with E-state index in [-0.39, 0.29) is 0 Å². The summed E-state index contributed by atoms with van der Waals surface area (Å²) in [5, 5.41) is 14.1. The van der Waals surface area contributed by atoms with Crippen LogP contribution in [0.2, 0.25) is 0 Å². The SMILES string of the molecule is N#Cc1ccc2c(c1)c1ccccc1n2-c1ccc2c(c1)CSCc1ccc(-c3ccc4oc5ccccc5c4c3)cc1-2. The van der Waals surface area contributed by atoms with Crippen molar-refractivity contribution >= 4 is 55.5 Å². The molecule has 0 amide bonds. The van der Waals surface area contributed by atoms with Crippen LogP contribution in [0.4, 0.5) is 0 Å². The second-order valence-corrected chi connectivity index (χ2v) is 12.2. The zero-order valence-corrected chi connectivity index (χ0v) is 24.0. The molecule has 0 saturated carbocycles. The lowest BCUT2D eigenvalue weighted by atomic mass is 9.92. The molecule has 9 rings (SSSR count). The Hall–Kier alpha value is -5.24. The van der Waals surface area contributed by atoms with Gasteiger partial charge in [-0.1, -0.05) is 60.7 Å². The number of fused-ring (bicyclic) bond motifs is 9. The van der Waals surface area contributed by atoms with Gasteiger partial charge in [-0.05, 0) is 94.0 Å². The van der Waals surface area contributed by atoms with Crippen LogP contribution in [-0.4, -0.2) is 4.57 Å². The van der Waals surface area contributed by atoms with Gasteiger partial charge in [0.15, 0.2) is 0 Å². The molecular formula is C39H24N2OS. The molecule has 202 valence electrons. The van der Waals surface area contributed by atoms with E-state index >= 15 is 0 Å². The van der Waals surface area contributed by atoms with Gasteiger partial charge < -0.3 is 8.98 Å². The highest BCUT2D eigenvalue weighted by Gasteiger charge is 2.19. The van der Waals surface area contributed by atoms with Crippen LogP contribution < -0.4 is 0 Å². The largest absolute Gasteiger partial charge is 0.456 e. The number of benzene rings is 6. The van der Waals surface area contributed by atoms with E-state index in [2.05, 4.69) is 108 Å². The molecule has 6 aromatic carbocycles. The van der Waals surface area contributed by atoms with Gasteiger partial charge >= 0.3 is 0 Å². The average molecular weight is 569 g/mol. The fourth-order valence-electron chi connectivity index (χ4n) is 6.73. The number of hydrogen-bond acceptors (Lipinski definition) is 3. The molecule has 0 bridgehead atoms. The number of furan rings is 1. The van der Waals surface area contributed by atoms with Crippen LogP contribution in [-0.2, 0) is 11.5 Å². The number of thioether (sulfide) groups is 1. The minimum atomic E-state index is 0.682. The van der Waals surface area contributed by atoms with Gasteiger partial charge in [-0.3, -0.25) is 0 Å². The fourth-order valence-corrected chi connectivity index (χ4v) is 7.76. The Morgan fingerprint density at radius 2 is 1.35 bits per heavy atom. The summed E-state index contributed by atoms with van der Waals surface area (Å²) >= 11 is 1.97. The molecule has 3 heterocycles. The Balaban J connectivity index is 1.19. The summed E-state index contributed by atoms with van der Waals surface area (Å²) in [5.74, 6) is 1.94. The van der Waals surface area contributed by atoms with Crippen molar-refractivity contribution in [1.29, 1.82) is 5.26 Å². The minimum Gasteiger partial charge on any atom is -0.456 e. The molecule has 0 spiro atoms. The Bertz CT molecular complexity index is 2460. The molecule has 0 fully saturated rings. The van der Waals surface area contributed by atoms with E-state index in [1.807, 2.05) is 36.0 Å². The van der Waals surface area contributed by atoms with Crippen LogP contribution >= 0.6 is 11.8 Å². The van der Waals surface area contributed by atoms with Gasteiger partial charge in [-0.2, -0.15) is 17.0 Å². The summed E-state index contributed by atoms with van der Waals surface area (Å²) in [7, 11) is 0. The van der Waals surface area contributed by atoms with E-state index in [9.17, 15) is 5.26 Å². The van der Waals surface area contributed by atoms with Crippen molar-refractivity contribution < 1.29 is 4.42 Å². The highest BCUT2D eigenvalue weighted by molar-refractivity contribution is 7.97.